The zero-order valence-corrected chi connectivity index (χ0v) is 12.4. The number of hydrogen-bond acceptors (Lipinski definition) is 3. The highest BCUT2D eigenvalue weighted by molar-refractivity contribution is 5.18. The van der Waals surface area contributed by atoms with Gasteiger partial charge in [-0.15, -0.1) is 5.10 Å². The summed E-state index contributed by atoms with van der Waals surface area (Å²) < 4.78 is 2.03. The molecule has 0 fully saturated rings. The van der Waals surface area contributed by atoms with Crippen molar-refractivity contribution in [2.24, 2.45) is 11.7 Å². The Hall–Kier alpha value is -1.68. The van der Waals surface area contributed by atoms with Crippen molar-refractivity contribution in [1.29, 1.82) is 0 Å². The van der Waals surface area contributed by atoms with E-state index < -0.39 is 0 Å². The highest BCUT2D eigenvalue weighted by Gasteiger charge is 2.12. The predicted octanol–water partition coefficient (Wildman–Crippen LogP) is 2.57. The highest BCUT2D eigenvalue weighted by Crippen LogP contribution is 2.12. The Balaban J connectivity index is 2.06. The van der Waals surface area contributed by atoms with Gasteiger partial charge in [0.1, 0.15) is 0 Å². The van der Waals surface area contributed by atoms with Gasteiger partial charge in [0.2, 0.25) is 0 Å². The quantitative estimate of drug-likeness (QED) is 0.842. The summed E-state index contributed by atoms with van der Waals surface area (Å²) in [5, 5.41) is 8.47. The van der Waals surface area contributed by atoms with Crippen LogP contribution in [-0.4, -0.2) is 15.0 Å². The summed E-state index contributed by atoms with van der Waals surface area (Å²) in [5.74, 6) is 0.669. The Morgan fingerprint density at radius 3 is 2.55 bits per heavy atom. The minimum atomic E-state index is 0.464. The zero-order valence-electron chi connectivity index (χ0n) is 12.4. The van der Waals surface area contributed by atoms with Crippen LogP contribution >= 0.6 is 0 Å². The molecule has 20 heavy (non-hydrogen) atoms. The second-order valence-electron chi connectivity index (χ2n) is 5.58. The summed E-state index contributed by atoms with van der Waals surface area (Å²) in [5.41, 5.74) is 9.24. The van der Waals surface area contributed by atoms with Crippen molar-refractivity contribution in [3.63, 3.8) is 0 Å². The maximum atomic E-state index is 5.77. The van der Waals surface area contributed by atoms with E-state index in [0.29, 0.717) is 12.5 Å². The lowest BCUT2D eigenvalue weighted by atomic mass is 10.1. The van der Waals surface area contributed by atoms with Crippen LogP contribution in [0.4, 0.5) is 0 Å². The van der Waals surface area contributed by atoms with E-state index in [1.54, 1.807) is 0 Å². The molecule has 2 aromatic rings. The van der Waals surface area contributed by atoms with Crippen LogP contribution in [0, 0.1) is 5.92 Å². The maximum absolute atomic E-state index is 5.77. The van der Waals surface area contributed by atoms with E-state index in [1.807, 2.05) is 10.7 Å². The first-order valence-corrected chi connectivity index (χ1v) is 7.36. The van der Waals surface area contributed by atoms with E-state index in [1.165, 1.54) is 11.3 Å². The third-order valence-corrected chi connectivity index (χ3v) is 3.52. The van der Waals surface area contributed by atoms with E-state index in [-0.39, 0.29) is 0 Å². The van der Waals surface area contributed by atoms with Crippen LogP contribution in [0.15, 0.2) is 30.3 Å². The molecule has 4 heteroatoms. The van der Waals surface area contributed by atoms with Gasteiger partial charge in [0.25, 0.3) is 0 Å². The first-order chi connectivity index (χ1) is 9.70. The van der Waals surface area contributed by atoms with Crippen LogP contribution in [0.25, 0.3) is 0 Å². The molecule has 0 aliphatic heterocycles. The average Bonchev–Trinajstić information content (AvgIpc) is 2.86. The van der Waals surface area contributed by atoms with Crippen molar-refractivity contribution in [2.75, 3.05) is 0 Å². The molecule has 1 aromatic carbocycles. The number of aromatic nitrogens is 3. The zero-order chi connectivity index (χ0) is 14.4. The average molecular weight is 272 g/mol. The maximum Gasteiger partial charge on any atom is 0.0994 e. The van der Waals surface area contributed by atoms with Crippen LogP contribution in [0.1, 0.15) is 37.2 Å². The lowest BCUT2D eigenvalue weighted by molar-refractivity contribution is 0.466. The molecule has 0 unspecified atom stereocenters. The van der Waals surface area contributed by atoms with Gasteiger partial charge < -0.3 is 5.73 Å². The molecule has 0 aliphatic carbocycles. The molecule has 108 valence electrons. The minimum absolute atomic E-state index is 0.464. The molecule has 0 aliphatic rings. The van der Waals surface area contributed by atoms with Gasteiger partial charge in [0, 0.05) is 13.1 Å². The van der Waals surface area contributed by atoms with Gasteiger partial charge in [-0.05, 0) is 30.7 Å². The molecular formula is C16H24N4. The van der Waals surface area contributed by atoms with Crippen molar-refractivity contribution in [2.45, 2.75) is 46.2 Å². The molecule has 2 N–H and O–H groups in total. The predicted molar refractivity (Wildman–Crippen MR) is 81.2 cm³/mol. The second-order valence-corrected chi connectivity index (χ2v) is 5.58. The molecule has 0 saturated carbocycles. The molecule has 0 atom stereocenters. The summed E-state index contributed by atoms with van der Waals surface area (Å²) >= 11 is 0. The third kappa shape index (κ3) is 3.90. The number of benzene rings is 1. The van der Waals surface area contributed by atoms with E-state index >= 15 is 0 Å². The van der Waals surface area contributed by atoms with Crippen LogP contribution in [0.2, 0.25) is 0 Å². The van der Waals surface area contributed by atoms with Crippen LogP contribution in [0.5, 0.6) is 0 Å². The molecule has 0 saturated heterocycles. The number of aryl methyl sites for hydroxylation is 2. The van der Waals surface area contributed by atoms with Gasteiger partial charge >= 0.3 is 0 Å². The lowest BCUT2D eigenvalue weighted by Gasteiger charge is -2.09. The van der Waals surface area contributed by atoms with Gasteiger partial charge in [0.05, 0.1) is 11.4 Å². The smallest absolute Gasteiger partial charge is 0.0994 e. The van der Waals surface area contributed by atoms with Gasteiger partial charge in [-0.1, -0.05) is 49.4 Å². The molecule has 1 aromatic heterocycles. The molecule has 2 rings (SSSR count). The molecule has 1 heterocycles. The Morgan fingerprint density at radius 2 is 1.90 bits per heavy atom. The van der Waals surface area contributed by atoms with E-state index in [0.717, 1.165) is 31.5 Å². The lowest BCUT2D eigenvalue weighted by Crippen LogP contribution is -2.10. The van der Waals surface area contributed by atoms with Gasteiger partial charge in [-0.2, -0.15) is 0 Å². The third-order valence-electron chi connectivity index (χ3n) is 3.52. The molecule has 0 spiro atoms. The molecule has 0 amide bonds. The molecule has 0 radical (unpaired) electrons. The van der Waals surface area contributed by atoms with E-state index in [2.05, 4.69) is 48.4 Å². The second kappa shape index (κ2) is 7.20. The van der Waals surface area contributed by atoms with Gasteiger partial charge in [-0.3, -0.25) is 0 Å². The summed E-state index contributed by atoms with van der Waals surface area (Å²) in [6.07, 6.45) is 3.07. The standard InChI is InChI=1S/C16H24N4/c1-13(2)10-11-20-16(15(12-17)18-19-20)9-8-14-6-4-3-5-7-14/h3-7,13H,8-12,17H2,1-2H3. The monoisotopic (exact) mass is 272 g/mol. The first-order valence-electron chi connectivity index (χ1n) is 7.36. The fourth-order valence-corrected chi connectivity index (χ4v) is 2.27. The fraction of sp³-hybridized carbons (Fsp3) is 0.500. The Morgan fingerprint density at radius 1 is 1.15 bits per heavy atom. The van der Waals surface area contributed by atoms with Crippen molar-refractivity contribution >= 4 is 0 Å². The van der Waals surface area contributed by atoms with E-state index in [4.69, 9.17) is 5.73 Å². The number of nitrogens with zero attached hydrogens (tertiary/aromatic N) is 3. The fourth-order valence-electron chi connectivity index (χ4n) is 2.27. The van der Waals surface area contributed by atoms with Crippen LogP contribution < -0.4 is 5.73 Å². The molecule has 4 nitrogen and oxygen atoms in total. The highest BCUT2D eigenvalue weighted by atomic mass is 15.4. The van der Waals surface area contributed by atoms with Crippen LogP contribution in [0.3, 0.4) is 0 Å². The van der Waals surface area contributed by atoms with Gasteiger partial charge in [-0.25, -0.2) is 4.68 Å². The van der Waals surface area contributed by atoms with Crippen molar-refractivity contribution in [1.82, 2.24) is 15.0 Å². The Labute approximate surface area is 121 Å². The minimum Gasteiger partial charge on any atom is -0.325 e. The number of hydrogen-bond donors (Lipinski definition) is 1. The van der Waals surface area contributed by atoms with E-state index in [9.17, 15) is 0 Å². The molecular weight excluding hydrogens is 248 g/mol. The first kappa shape index (κ1) is 14.7. The number of rotatable bonds is 7. The largest absolute Gasteiger partial charge is 0.325 e. The van der Waals surface area contributed by atoms with Gasteiger partial charge in [0.15, 0.2) is 0 Å². The van der Waals surface area contributed by atoms with Crippen LogP contribution in [-0.2, 0) is 25.9 Å². The Kier molecular flexibility index (Phi) is 5.30. The Bertz CT molecular complexity index is 517. The molecule has 0 bridgehead atoms. The summed E-state index contributed by atoms with van der Waals surface area (Å²) in [7, 11) is 0. The summed E-state index contributed by atoms with van der Waals surface area (Å²) in [6.45, 7) is 5.84. The normalized spacial score (nSPS) is 11.2. The van der Waals surface area contributed by atoms with Crippen molar-refractivity contribution in [3.8, 4) is 0 Å². The van der Waals surface area contributed by atoms with Crippen molar-refractivity contribution in [3.05, 3.63) is 47.3 Å². The SMILES string of the molecule is CC(C)CCn1nnc(CN)c1CCc1ccccc1. The topological polar surface area (TPSA) is 56.7 Å². The summed E-state index contributed by atoms with van der Waals surface area (Å²) in [6, 6.07) is 10.5. The number of nitrogens with two attached hydrogens (primary N) is 1. The van der Waals surface area contributed by atoms with Crippen molar-refractivity contribution < 1.29 is 0 Å². The summed E-state index contributed by atoms with van der Waals surface area (Å²) in [4.78, 5) is 0.